The molecule has 18 rings (SSSR count). The van der Waals surface area contributed by atoms with Crippen molar-refractivity contribution in [1.82, 2.24) is 0 Å². The van der Waals surface area contributed by atoms with E-state index in [0.29, 0.717) is 47.3 Å². The zero-order valence-electron chi connectivity index (χ0n) is 26.3. The highest BCUT2D eigenvalue weighted by atomic mass is 14.7. The summed E-state index contributed by atoms with van der Waals surface area (Å²) >= 11 is 0. The van der Waals surface area contributed by atoms with Crippen LogP contribution in [-0.2, 0) is 10.8 Å². The van der Waals surface area contributed by atoms with E-state index in [-0.39, 0.29) is 10.8 Å². The van der Waals surface area contributed by atoms with Crippen molar-refractivity contribution < 1.29 is 0 Å². The van der Waals surface area contributed by atoms with E-state index in [1.165, 1.54) is 56.1 Å². The standard InChI is InChI=1S/C47H30/c1-14-3-23-21-8-17-5-18-9-22-24-4-15(2)11-47(24)13-20-7-16-6-19-12-46(23,10-14)44-28(19)32-27(16)33-29(20)45(47)43-31(22)35-26(18)25(17)34-30(21)42(44)40-36(32)37(33)41(43)39(35)38(34)40/h6-9,16,21-24,27,30-31H,1-5,10-13H2. The van der Waals surface area contributed by atoms with Crippen molar-refractivity contribution in [1.29, 1.82) is 0 Å². The molecule has 0 radical (unpaired) electrons. The molecule has 2 fully saturated rings. The van der Waals surface area contributed by atoms with Crippen LogP contribution < -0.4 is 0 Å². The summed E-state index contributed by atoms with van der Waals surface area (Å²) in [5, 5.41) is 10.7. The Labute approximate surface area is 272 Å². The lowest BCUT2D eigenvalue weighted by atomic mass is 9.54. The minimum absolute atomic E-state index is 0.267. The Morgan fingerprint density at radius 1 is 0.468 bits per heavy atom. The van der Waals surface area contributed by atoms with Crippen molar-refractivity contribution in [2.75, 3.05) is 0 Å². The third-order valence-electron chi connectivity index (χ3n) is 18.2. The van der Waals surface area contributed by atoms with Crippen LogP contribution in [0.3, 0.4) is 0 Å². The van der Waals surface area contributed by atoms with E-state index < -0.39 is 0 Å². The number of hydrogen-bond acceptors (Lipinski definition) is 0. The van der Waals surface area contributed by atoms with Gasteiger partial charge in [0.05, 0.1) is 0 Å². The molecule has 0 N–H and O–H groups in total. The zero-order valence-corrected chi connectivity index (χ0v) is 26.3. The van der Waals surface area contributed by atoms with Crippen molar-refractivity contribution >= 4 is 54.6 Å². The van der Waals surface area contributed by atoms with Gasteiger partial charge in [-0.3, -0.25) is 0 Å². The number of allylic oxidation sites excluding steroid dienone is 10. The Morgan fingerprint density at radius 2 is 0.915 bits per heavy atom. The molecule has 2 spiro atoms. The maximum absolute atomic E-state index is 4.78. The lowest BCUT2D eigenvalue weighted by Gasteiger charge is -2.48. The van der Waals surface area contributed by atoms with Gasteiger partial charge in [0.2, 0.25) is 0 Å². The van der Waals surface area contributed by atoms with Gasteiger partial charge in [-0.1, -0.05) is 48.6 Å². The van der Waals surface area contributed by atoms with Crippen molar-refractivity contribution in [3.8, 4) is 0 Å². The van der Waals surface area contributed by atoms with Gasteiger partial charge < -0.3 is 0 Å². The molecule has 0 amide bonds. The molecule has 218 valence electrons. The average Bonchev–Trinajstić information content (AvgIpc) is 3.89. The van der Waals surface area contributed by atoms with Crippen LogP contribution in [0, 0.1) is 29.6 Å². The number of hydrogen-bond donors (Lipinski definition) is 0. The van der Waals surface area contributed by atoms with E-state index in [0.717, 1.165) is 0 Å². The summed E-state index contributed by atoms with van der Waals surface area (Å²) in [4.78, 5) is 0. The van der Waals surface area contributed by atoms with Gasteiger partial charge in [0, 0.05) is 34.5 Å². The molecular weight excluding hydrogens is 565 g/mol. The van der Waals surface area contributed by atoms with Crippen LogP contribution in [-0.4, -0.2) is 0 Å². The molecule has 0 heteroatoms. The molecule has 8 unspecified atom stereocenters. The lowest BCUT2D eigenvalue weighted by molar-refractivity contribution is 0.221. The van der Waals surface area contributed by atoms with Gasteiger partial charge in [-0.05, 0) is 190 Å². The maximum atomic E-state index is 4.78. The van der Waals surface area contributed by atoms with Gasteiger partial charge in [-0.15, -0.1) is 0 Å². The second-order valence-electron chi connectivity index (χ2n) is 19.2. The van der Waals surface area contributed by atoms with Crippen LogP contribution in [0.25, 0.3) is 54.6 Å². The Kier molecular flexibility index (Phi) is 2.42. The highest BCUT2D eigenvalue weighted by molar-refractivity contribution is 6.38. The molecule has 4 aromatic rings. The molecule has 14 aliphatic carbocycles. The highest BCUT2D eigenvalue weighted by Crippen LogP contribution is 2.82. The summed E-state index contributed by atoms with van der Waals surface area (Å²) < 4.78 is 0. The number of rotatable bonds is 0. The normalized spacial score (nSPS) is 43.1. The molecule has 14 aliphatic rings. The van der Waals surface area contributed by atoms with Crippen molar-refractivity contribution in [2.45, 2.75) is 73.5 Å². The van der Waals surface area contributed by atoms with E-state index in [2.05, 4.69) is 24.3 Å². The monoisotopic (exact) mass is 594 g/mol. The molecule has 47 heavy (non-hydrogen) atoms. The van der Waals surface area contributed by atoms with Gasteiger partial charge in [-0.25, -0.2) is 0 Å². The Bertz CT molecular complexity index is 2710. The van der Waals surface area contributed by atoms with Crippen molar-refractivity contribution in [3.63, 3.8) is 0 Å². The minimum atomic E-state index is 0.267. The van der Waals surface area contributed by atoms with Crippen LogP contribution in [0.2, 0.25) is 0 Å². The van der Waals surface area contributed by atoms with E-state index in [1.54, 1.807) is 76.9 Å². The number of benzene rings is 4. The average molecular weight is 595 g/mol. The van der Waals surface area contributed by atoms with Gasteiger partial charge in [0.15, 0.2) is 0 Å². The fourth-order valence-corrected chi connectivity index (χ4v) is 18.0. The third-order valence-corrected chi connectivity index (χ3v) is 18.2. The largest absolute Gasteiger partial charge is 0.0998 e. The van der Waals surface area contributed by atoms with Gasteiger partial charge in [0.1, 0.15) is 0 Å². The molecule has 4 aromatic carbocycles. The van der Waals surface area contributed by atoms with Gasteiger partial charge in [0.25, 0.3) is 0 Å². The molecule has 0 saturated heterocycles. The summed E-state index contributed by atoms with van der Waals surface area (Å²) in [5.74, 6) is 4.87. The fraction of sp³-hybridized carbons (Fsp3) is 0.362. The smallest absolute Gasteiger partial charge is 0.0212 e. The van der Waals surface area contributed by atoms with Crippen molar-refractivity contribution in [2.24, 2.45) is 29.6 Å². The minimum Gasteiger partial charge on any atom is -0.0998 e. The molecule has 2 saturated carbocycles. The van der Waals surface area contributed by atoms with Gasteiger partial charge in [-0.2, -0.15) is 0 Å². The van der Waals surface area contributed by atoms with E-state index in [1.807, 2.05) is 44.5 Å². The first kappa shape index (κ1) is 21.1. The third kappa shape index (κ3) is 1.50. The SMILES string of the molecule is C=C1CC2C3C=C4CC5=CC6C7c8c9c%10c%11c%12c%13c%14c%15c(c%16c%13c%13c(c4c5c7c%13c8%12)C%163)C2(C1)CC%15=CC(C=C%10CC91CC(=C)CC61)C%14%11. The number of fused-ring (bicyclic) bond motifs is 2. The maximum Gasteiger partial charge on any atom is 0.0212 e. The first-order valence-electron chi connectivity index (χ1n) is 19.0. The predicted molar refractivity (Wildman–Crippen MR) is 188 cm³/mol. The Morgan fingerprint density at radius 3 is 1.40 bits per heavy atom. The Hall–Kier alpha value is -3.90. The molecule has 0 aliphatic heterocycles. The highest BCUT2D eigenvalue weighted by Gasteiger charge is 2.68. The summed E-state index contributed by atoms with van der Waals surface area (Å²) in [5.41, 5.74) is 32.3. The lowest BCUT2D eigenvalue weighted by Crippen LogP contribution is -2.42. The molecule has 0 bridgehead atoms. The molecule has 8 atom stereocenters. The second kappa shape index (κ2) is 5.37. The van der Waals surface area contributed by atoms with E-state index >= 15 is 0 Å². The first-order valence-corrected chi connectivity index (χ1v) is 19.0. The summed E-state index contributed by atoms with van der Waals surface area (Å²) in [7, 11) is 0. The van der Waals surface area contributed by atoms with Crippen LogP contribution in [0.5, 0.6) is 0 Å². The zero-order chi connectivity index (χ0) is 29.3. The van der Waals surface area contributed by atoms with Crippen LogP contribution in [0.1, 0.15) is 129 Å². The summed E-state index contributed by atoms with van der Waals surface area (Å²) in [6, 6.07) is 0. The second-order valence-corrected chi connectivity index (χ2v) is 19.2. The topological polar surface area (TPSA) is 0 Å². The molecule has 0 heterocycles. The van der Waals surface area contributed by atoms with Crippen LogP contribution in [0.15, 0.2) is 48.6 Å². The summed E-state index contributed by atoms with van der Waals surface area (Å²) in [6.45, 7) is 9.56. The van der Waals surface area contributed by atoms with E-state index in [4.69, 9.17) is 13.2 Å². The summed E-state index contributed by atoms with van der Waals surface area (Å²) in [6.07, 6.45) is 20.2. The molecular formula is C47H30. The van der Waals surface area contributed by atoms with Crippen molar-refractivity contribution in [3.05, 3.63) is 115 Å². The predicted octanol–water partition coefficient (Wildman–Crippen LogP) is 10.6. The first-order chi connectivity index (χ1) is 23.1. The molecule has 0 nitrogen and oxygen atoms in total. The van der Waals surface area contributed by atoms with Crippen LogP contribution >= 0.6 is 0 Å². The quantitative estimate of drug-likeness (QED) is 0.140. The van der Waals surface area contributed by atoms with Crippen LogP contribution in [0.4, 0.5) is 0 Å². The van der Waals surface area contributed by atoms with E-state index in [9.17, 15) is 0 Å². The van der Waals surface area contributed by atoms with Gasteiger partial charge >= 0.3 is 0 Å². The Balaban J connectivity index is 1.22. The molecule has 0 aromatic heterocycles. The fourth-order valence-electron chi connectivity index (χ4n) is 18.0.